The standard InChI is InChI=1S/C7H16N2O.C2H6N4S/c8-2-1-3-9-4-6-10-7-5-9;3-1-4-2(7)6-5-1/h1-8H2;1-2,4,7H,3H2. The van der Waals surface area contributed by atoms with Crippen molar-refractivity contribution in [2.75, 3.05) is 39.4 Å². The maximum Gasteiger partial charge on any atom is 0.173 e. The normalized spacial score (nSPS) is 28.9. The molecule has 100 valence electrons. The summed E-state index contributed by atoms with van der Waals surface area (Å²) in [6, 6.07) is 0. The lowest BCUT2D eigenvalue weighted by atomic mass is 10.3. The molecule has 0 radical (unpaired) electrons. The van der Waals surface area contributed by atoms with Gasteiger partial charge in [0.25, 0.3) is 0 Å². The van der Waals surface area contributed by atoms with Crippen molar-refractivity contribution < 1.29 is 4.74 Å². The molecule has 0 saturated carbocycles. The Morgan fingerprint density at radius 3 is 2.47 bits per heavy atom. The zero-order chi connectivity index (χ0) is 12.5. The minimum atomic E-state index is -0.345. The average Bonchev–Trinajstić information content (AvgIpc) is 2.73. The Morgan fingerprint density at radius 1 is 1.35 bits per heavy atom. The van der Waals surface area contributed by atoms with Crippen molar-refractivity contribution in [3.8, 4) is 0 Å². The van der Waals surface area contributed by atoms with Crippen molar-refractivity contribution in [3.63, 3.8) is 0 Å². The fourth-order valence-electron chi connectivity index (χ4n) is 1.49. The second-order valence-electron chi connectivity index (χ2n) is 3.81. The van der Waals surface area contributed by atoms with Gasteiger partial charge in [-0.05, 0) is 19.5 Å². The van der Waals surface area contributed by atoms with Gasteiger partial charge >= 0.3 is 0 Å². The van der Waals surface area contributed by atoms with Gasteiger partial charge < -0.3 is 10.5 Å². The molecule has 7 nitrogen and oxygen atoms in total. The highest BCUT2D eigenvalue weighted by Crippen LogP contribution is 2.01. The van der Waals surface area contributed by atoms with Crippen molar-refractivity contribution >= 4 is 12.6 Å². The summed E-state index contributed by atoms with van der Waals surface area (Å²) in [4.78, 5) is 2.40. The molecule has 0 bridgehead atoms. The summed E-state index contributed by atoms with van der Waals surface area (Å²) in [7, 11) is 0. The number of nitrogens with two attached hydrogens (primary N) is 2. The second-order valence-corrected chi connectivity index (χ2v) is 4.30. The molecule has 2 heterocycles. The largest absolute Gasteiger partial charge is 0.379 e. The summed E-state index contributed by atoms with van der Waals surface area (Å²) in [5.41, 5.74) is 10.4. The Morgan fingerprint density at radius 2 is 2.06 bits per heavy atom. The average molecular weight is 262 g/mol. The number of hydrogen-bond acceptors (Lipinski definition) is 8. The van der Waals surface area contributed by atoms with Gasteiger partial charge in [-0.15, -0.1) is 12.6 Å². The van der Waals surface area contributed by atoms with Crippen LogP contribution in [0.1, 0.15) is 6.42 Å². The van der Waals surface area contributed by atoms with Crippen molar-refractivity contribution in [2.45, 2.75) is 18.2 Å². The van der Waals surface area contributed by atoms with Gasteiger partial charge in [0.05, 0.1) is 13.2 Å². The first-order valence-corrected chi connectivity index (χ1v) is 6.34. The van der Waals surface area contributed by atoms with Gasteiger partial charge in [0.1, 0.15) is 0 Å². The van der Waals surface area contributed by atoms with Gasteiger partial charge in [0.2, 0.25) is 0 Å². The summed E-state index contributed by atoms with van der Waals surface area (Å²) in [5, 5.41) is 9.83. The lowest BCUT2D eigenvalue weighted by molar-refractivity contribution is 0.0377. The monoisotopic (exact) mass is 262 g/mol. The molecule has 0 amide bonds. The van der Waals surface area contributed by atoms with E-state index in [9.17, 15) is 0 Å². The SMILES string of the molecule is NC1N=NC(S)N1.NCCCN1CCOCC1. The minimum Gasteiger partial charge on any atom is -0.379 e. The Labute approximate surface area is 107 Å². The molecule has 0 aromatic rings. The van der Waals surface area contributed by atoms with Crippen LogP contribution in [-0.2, 0) is 4.74 Å². The smallest absolute Gasteiger partial charge is 0.173 e. The van der Waals surface area contributed by atoms with Crippen LogP contribution in [-0.4, -0.2) is 56.1 Å². The third-order valence-corrected chi connectivity index (χ3v) is 2.65. The molecule has 2 aliphatic rings. The number of rotatable bonds is 3. The van der Waals surface area contributed by atoms with Crippen LogP contribution in [0.5, 0.6) is 0 Å². The van der Waals surface area contributed by atoms with E-state index in [4.69, 9.17) is 16.2 Å². The van der Waals surface area contributed by atoms with Crippen molar-refractivity contribution in [2.24, 2.45) is 21.7 Å². The van der Waals surface area contributed by atoms with Crippen LogP contribution >= 0.6 is 12.6 Å². The molecule has 5 N–H and O–H groups in total. The Balaban J connectivity index is 0.000000181. The maximum absolute atomic E-state index is 5.39. The van der Waals surface area contributed by atoms with E-state index in [0.29, 0.717) is 0 Å². The van der Waals surface area contributed by atoms with Crippen LogP contribution in [0, 0.1) is 0 Å². The first-order chi connectivity index (χ1) is 8.22. The molecule has 17 heavy (non-hydrogen) atoms. The highest BCUT2D eigenvalue weighted by Gasteiger charge is 2.10. The molecular formula is C9H22N6OS. The van der Waals surface area contributed by atoms with E-state index < -0.39 is 0 Å². The van der Waals surface area contributed by atoms with E-state index in [2.05, 4.69) is 33.1 Å². The third kappa shape index (κ3) is 6.92. The number of morpholine rings is 1. The predicted molar refractivity (Wildman–Crippen MR) is 69.7 cm³/mol. The van der Waals surface area contributed by atoms with Crippen molar-refractivity contribution in [1.82, 2.24) is 10.2 Å². The van der Waals surface area contributed by atoms with E-state index >= 15 is 0 Å². The van der Waals surface area contributed by atoms with Crippen LogP contribution < -0.4 is 16.8 Å². The zero-order valence-electron chi connectivity index (χ0n) is 9.96. The van der Waals surface area contributed by atoms with Crippen LogP contribution in [0.25, 0.3) is 0 Å². The van der Waals surface area contributed by atoms with Crippen molar-refractivity contribution in [3.05, 3.63) is 0 Å². The summed E-state index contributed by atoms with van der Waals surface area (Å²) in [5.74, 6) is 0. The summed E-state index contributed by atoms with van der Waals surface area (Å²) in [6.45, 7) is 5.90. The van der Waals surface area contributed by atoms with E-state index in [1.54, 1.807) is 0 Å². The number of thiol groups is 1. The third-order valence-electron chi connectivity index (χ3n) is 2.40. The van der Waals surface area contributed by atoms with Crippen molar-refractivity contribution in [1.29, 1.82) is 0 Å². The fourth-order valence-corrected chi connectivity index (χ4v) is 1.71. The molecule has 2 unspecified atom stereocenters. The predicted octanol–water partition coefficient (Wildman–Crippen LogP) is -0.835. The van der Waals surface area contributed by atoms with Crippen LogP contribution in [0.3, 0.4) is 0 Å². The first-order valence-electron chi connectivity index (χ1n) is 5.82. The summed E-state index contributed by atoms with van der Waals surface area (Å²) >= 11 is 3.90. The molecule has 2 aliphatic heterocycles. The minimum absolute atomic E-state index is 0.199. The zero-order valence-corrected chi connectivity index (χ0v) is 10.9. The molecule has 1 saturated heterocycles. The molecule has 0 aromatic heterocycles. The van der Waals surface area contributed by atoms with Gasteiger partial charge in [-0.25, -0.2) is 0 Å². The molecular weight excluding hydrogens is 240 g/mol. The molecule has 2 rings (SSSR count). The Bertz CT molecular complexity index is 214. The Hall–Kier alpha value is -0.250. The van der Waals surface area contributed by atoms with Gasteiger partial charge in [0.15, 0.2) is 11.8 Å². The van der Waals surface area contributed by atoms with Crippen LogP contribution in [0.2, 0.25) is 0 Å². The van der Waals surface area contributed by atoms with Crippen LogP contribution in [0.15, 0.2) is 10.2 Å². The van der Waals surface area contributed by atoms with E-state index in [0.717, 1.165) is 45.8 Å². The van der Waals surface area contributed by atoms with E-state index in [1.807, 2.05) is 0 Å². The quantitative estimate of drug-likeness (QED) is 0.497. The maximum atomic E-state index is 5.39. The first kappa shape index (κ1) is 14.8. The summed E-state index contributed by atoms with van der Waals surface area (Å²) < 4.78 is 5.21. The van der Waals surface area contributed by atoms with Gasteiger partial charge in [0, 0.05) is 13.1 Å². The highest BCUT2D eigenvalue weighted by molar-refractivity contribution is 7.80. The molecule has 1 fully saturated rings. The van der Waals surface area contributed by atoms with Gasteiger partial charge in [-0.2, -0.15) is 10.2 Å². The van der Waals surface area contributed by atoms with Gasteiger partial charge in [-0.3, -0.25) is 16.0 Å². The number of nitrogens with one attached hydrogen (secondary N) is 1. The molecule has 0 spiro atoms. The number of azo groups is 1. The summed E-state index contributed by atoms with van der Waals surface area (Å²) in [6.07, 6.45) is 0.766. The lowest BCUT2D eigenvalue weighted by Gasteiger charge is -2.26. The van der Waals surface area contributed by atoms with Gasteiger partial charge in [-0.1, -0.05) is 0 Å². The van der Waals surface area contributed by atoms with E-state index in [1.165, 1.54) is 0 Å². The molecule has 2 atom stereocenters. The lowest BCUT2D eigenvalue weighted by Crippen LogP contribution is -2.37. The number of ether oxygens (including phenoxy) is 1. The fraction of sp³-hybridized carbons (Fsp3) is 1.00. The highest BCUT2D eigenvalue weighted by atomic mass is 32.1. The molecule has 0 aromatic carbocycles. The number of hydrogen-bond donors (Lipinski definition) is 4. The Kier molecular flexibility index (Phi) is 7.65. The van der Waals surface area contributed by atoms with E-state index in [-0.39, 0.29) is 11.8 Å². The topological polar surface area (TPSA) is 101 Å². The number of nitrogens with zero attached hydrogens (tertiary/aromatic N) is 3. The molecule has 8 heteroatoms. The second kappa shape index (κ2) is 8.78. The van der Waals surface area contributed by atoms with Crippen LogP contribution in [0.4, 0.5) is 0 Å². The molecule has 0 aliphatic carbocycles.